The molecule has 1 aromatic carbocycles. The topological polar surface area (TPSA) is 118 Å². The number of H-pyrrole nitrogens is 1. The molecule has 16 heavy (non-hydrogen) atoms. The van der Waals surface area contributed by atoms with Crippen molar-refractivity contribution in [2.24, 2.45) is 10.9 Å². The quantitative estimate of drug-likeness (QED) is 0.405. The number of fused-ring (bicyclic) bond motifs is 1. The van der Waals surface area contributed by atoms with Gasteiger partial charge < -0.3 is 15.0 Å². The van der Waals surface area contributed by atoms with E-state index in [4.69, 9.17) is 10.4 Å². The van der Waals surface area contributed by atoms with Gasteiger partial charge in [0.15, 0.2) is 5.75 Å². The number of thiazole rings is 1. The molecular formula is C7H7N3O4S2. The highest BCUT2D eigenvalue weighted by Gasteiger charge is 2.11. The zero-order valence-corrected chi connectivity index (χ0v) is 9.38. The highest BCUT2D eigenvalue weighted by atomic mass is 32.3. The van der Waals surface area contributed by atoms with Crippen molar-refractivity contribution in [3.05, 3.63) is 23.0 Å². The summed E-state index contributed by atoms with van der Waals surface area (Å²) in [7, 11) is -4.54. The number of nitrogens with two attached hydrogens (primary N) is 1. The number of rotatable bonds is 2. The summed E-state index contributed by atoms with van der Waals surface area (Å²) in [5.41, 5.74) is 0.621. The number of nitrogens with one attached hydrogen (secondary N) is 1. The van der Waals surface area contributed by atoms with Gasteiger partial charge in [-0.05, 0) is 12.1 Å². The van der Waals surface area contributed by atoms with Crippen LogP contribution < -0.4 is 14.8 Å². The predicted molar refractivity (Wildman–Crippen MR) is 58.1 cm³/mol. The molecule has 1 aromatic heterocycles. The lowest BCUT2D eigenvalue weighted by molar-refractivity contribution is 0.388. The summed E-state index contributed by atoms with van der Waals surface area (Å²) in [5.74, 6) is 5.11. The first-order valence-electron chi connectivity index (χ1n) is 4.02. The van der Waals surface area contributed by atoms with Crippen LogP contribution in [0.25, 0.3) is 10.2 Å². The predicted octanol–water partition coefficient (Wildman–Crippen LogP) is 0.185. The minimum absolute atomic E-state index is 0.0242. The average Bonchev–Trinajstić information content (AvgIpc) is 2.59. The Kier molecular flexibility index (Phi) is 2.58. The number of hydrogen-bond acceptors (Lipinski definition) is 6. The second-order valence-corrected chi connectivity index (χ2v) is 4.83. The number of aromatic amines is 1. The van der Waals surface area contributed by atoms with Crippen molar-refractivity contribution in [3.63, 3.8) is 0 Å². The monoisotopic (exact) mass is 261 g/mol. The van der Waals surface area contributed by atoms with Crippen molar-refractivity contribution < 1.29 is 17.2 Å². The van der Waals surface area contributed by atoms with E-state index in [1.54, 1.807) is 12.1 Å². The zero-order valence-electron chi connectivity index (χ0n) is 7.75. The normalized spacial score (nSPS) is 13.2. The summed E-state index contributed by atoms with van der Waals surface area (Å²) >= 11 is 1.12. The molecule has 0 unspecified atom stereocenters. The standard InChI is InChI=1S/C7H7N3O4S2/c8-10-7-9-4-2-1-3-5(6(4)15-7)14-16(11,12)13/h1-3H,8H2,(H,9,10)(H,11,12,13). The largest absolute Gasteiger partial charge is 0.446 e. The second kappa shape index (κ2) is 3.77. The van der Waals surface area contributed by atoms with Gasteiger partial charge in [0.1, 0.15) is 0 Å². The fraction of sp³-hybridized carbons (Fsp3) is 0. The van der Waals surface area contributed by atoms with Gasteiger partial charge in [-0.15, -0.1) is 0 Å². The molecule has 0 fully saturated rings. The molecule has 1 heterocycles. The molecule has 0 atom stereocenters. The summed E-state index contributed by atoms with van der Waals surface area (Å²) in [5, 5.41) is 3.44. The van der Waals surface area contributed by atoms with Gasteiger partial charge in [-0.1, -0.05) is 17.4 Å². The van der Waals surface area contributed by atoms with Gasteiger partial charge in [0.2, 0.25) is 4.80 Å². The van der Waals surface area contributed by atoms with Gasteiger partial charge in [0.25, 0.3) is 0 Å². The van der Waals surface area contributed by atoms with Crippen molar-refractivity contribution in [3.8, 4) is 5.75 Å². The molecule has 7 nitrogen and oxygen atoms in total. The van der Waals surface area contributed by atoms with Gasteiger partial charge in [-0.25, -0.2) is 0 Å². The van der Waals surface area contributed by atoms with Crippen LogP contribution in [-0.2, 0) is 10.4 Å². The molecule has 0 saturated heterocycles. The maximum absolute atomic E-state index is 10.6. The van der Waals surface area contributed by atoms with E-state index in [0.29, 0.717) is 15.0 Å². The third-order valence-corrected chi connectivity index (χ3v) is 3.15. The molecule has 9 heteroatoms. The second-order valence-electron chi connectivity index (χ2n) is 2.81. The van der Waals surface area contributed by atoms with E-state index in [-0.39, 0.29) is 5.75 Å². The van der Waals surface area contributed by atoms with Gasteiger partial charge in [-0.3, -0.25) is 4.55 Å². The van der Waals surface area contributed by atoms with Crippen LogP contribution in [0, 0.1) is 0 Å². The van der Waals surface area contributed by atoms with E-state index in [2.05, 4.69) is 14.3 Å². The first-order valence-corrected chi connectivity index (χ1v) is 6.20. The summed E-state index contributed by atoms with van der Waals surface area (Å²) in [6, 6.07) is 4.70. The molecule has 0 aliphatic rings. The van der Waals surface area contributed by atoms with Crippen molar-refractivity contribution in [2.75, 3.05) is 0 Å². The maximum Gasteiger partial charge on any atom is 0.446 e. The fourth-order valence-corrected chi connectivity index (χ4v) is 2.46. The summed E-state index contributed by atoms with van der Waals surface area (Å²) in [6.07, 6.45) is 0. The van der Waals surface area contributed by atoms with Crippen LogP contribution in [0.5, 0.6) is 5.75 Å². The van der Waals surface area contributed by atoms with Crippen molar-refractivity contribution in [1.29, 1.82) is 0 Å². The first-order chi connectivity index (χ1) is 7.49. The Morgan fingerprint density at radius 1 is 1.50 bits per heavy atom. The van der Waals surface area contributed by atoms with Crippen LogP contribution in [0.2, 0.25) is 0 Å². The summed E-state index contributed by atoms with van der Waals surface area (Å²) in [4.78, 5) is 3.26. The SMILES string of the molecule is NN=c1[nH]c2cccc(OS(=O)(=O)O)c2s1. The molecule has 2 rings (SSSR count). The Labute approximate surface area is 94.1 Å². The Balaban J connectivity index is 2.66. The smallest absolute Gasteiger partial charge is 0.360 e. The molecule has 0 saturated carbocycles. The third-order valence-electron chi connectivity index (χ3n) is 1.73. The van der Waals surface area contributed by atoms with Gasteiger partial charge in [0, 0.05) is 0 Å². The zero-order chi connectivity index (χ0) is 11.8. The van der Waals surface area contributed by atoms with E-state index in [0.717, 1.165) is 11.3 Å². The minimum atomic E-state index is -4.54. The van der Waals surface area contributed by atoms with Crippen LogP contribution in [-0.4, -0.2) is 18.0 Å². The van der Waals surface area contributed by atoms with E-state index >= 15 is 0 Å². The van der Waals surface area contributed by atoms with E-state index < -0.39 is 10.4 Å². The highest BCUT2D eigenvalue weighted by Crippen LogP contribution is 2.27. The van der Waals surface area contributed by atoms with Crippen LogP contribution >= 0.6 is 11.3 Å². The molecule has 4 N–H and O–H groups in total. The average molecular weight is 261 g/mol. The number of hydrogen-bond donors (Lipinski definition) is 3. The van der Waals surface area contributed by atoms with E-state index in [1.807, 2.05) is 0 Å². The van der Waals surface area contributed by atoms with E-state index in [1.165, 1.54) is 6.07 Å². The van der Waals surface area contributed by atoms with E-state index in [9.17, 15) is 8.42 Å². The molecule has 86 valence electrons. The lowest BCUT2D eigenvalue weighted by Crippen LogP contribution is -2.06. The number of nitrogens with zero attached hydrogens (tertiary/aromatic N) is 1. The minimum Gasteiger partial charge on any atom is -0.360 e. The summed E-state index contributed by atoms with van der Waals surface area (Å²) < 4.78 is 34.7. The molecule has 0 aliphatic carbocycles. The third kappa shape index (κ3) is 2.15. The van der Waals surface area contributed by atoms with Crippen LogP contribution in [0.4, 0.5) is 0 Å². The summed E-state index contributed by atoms with van der Waals surface area (Å²) in [6.45, 7) is 0. The lowest BCUT2D eigenvalue weighted by Gasteiger charge is -2.00. The van der Waals surface area contributed by atoms with Gasteiger partial charge >= 0.3 is 10.4 Å². The molecule has 0 spiro atoms. The Morgan fingerprint density at radius 2 is 2.25 bits per heavy atom. The van der Waals surface area contributed by atoms with Gasteiger partial charge in [-0.2, -0.15) is 13.5 Å². The van der Waals surface area contributed by atoms with Crippen LogP contribution in [0.1, 0.15) is 0 Å². The Morgan fingerprint density at radius 3 is 2.88 bits per heavy atom. The molecule has 0 bridgehead atoms. The molecule has 2 aromatic rings. The van der Waals surface area contributed by atoms with Crippen molar-refractivity contribution >= 4 is 32.0 Å². The Hall–Kier alpha value is -1.58. The van der Waals surface area contributed by atoms with Gasteiger partial charge in [0.05, 0.1) is 10.2 Å². The van der Waals surface area contributed by atoms with Crippen LogP contribution in [0.15, 0.2) is 23.3 Å². The number of aromatic nitrogens is 1. The Bertz CT molecular complexity index is 685. The lowest BCUT2D eigenvalue weighted by atomic mass is 10.3. The highest BCUT2D eigenvalue weighted by molar-refractivity contribution is 7.81. The molecule has 0 aliphatic heterocycles. The number of benzene rings is 1. The maximum atomic E-state index is 10.6. The van der Waals surface area contributed by atoms with Crippen molar-refractivity contribution in [2.45, 2.75) is 0 Å². The molecule has 0 amide bonds. The first kappa shape index (κ1) is 10.9. The van der Waals surface area contributed by atoms with Crippen LogP contribution in [0.3, 0.4) is 0 Å². The molecule has 0 radical (unpaired) electrons. The fourth-order valence-electron chi connectivity index (χ4n) is 1.19. The van der Waals surface area contributed by atoms with Crippen molar-refractivity contribution in [1.82, 2.24) is 4.98 Å². The molecular weight excluding hydrogens is 254 g/mol.